The first-order valence-electron chi connectivity index (χ1n) is 8.37. The molecule has 0 saturated carbocycles. The average molecular weight is 359 g/mol. The van der Waals surface area contributed by atoms with Crippen LogP contribution in [0.2, 0.25) is 0 Å². The molecule has 1 saturated heterocycles. The summed E-state index contributed by atoms with van der Waals surface area (Å²) in [5.74, 6) is 0.102. The highest BCUT2D eigenvalue weighted by atomic mass is 16.6. The van der Waals surface area contributed by atoms with Gasteiger partial charge in [-0.3, -0.25) is 19.6 Å². The number of aromatic hydroxyl groups is 1. The first-order chi connectivity index (χ1) is 12.4. The Morgan fingerprint density at radius 2 is 1.88 bits per heavy atom. The van der Waals surface area contributed by atoms with Crippen molar-refractivity contribution >= 4 is 17.3 Å². The van der Waals surface area contributed by atoms with E-state index in [0.717, 1.165) is 5.69 Å². The Hall–Kier alpha value is -3.10. The predicted octanol–water partition coefficient (Wildman–Crippen LogP) is 1.46. The summed E-state index contributed by atoms with van der Waals surface area (Å²) >= 11 is 0. The van der Waals surface area contributed by atoms with E-state index in [2.05, 4.69) is 5.10 Å². The molecule has 9 heteroatoms. The van der Waals surface area contributed by atoms with Gasteiger partial charge in [-0.25, -0.2) is 0 Å². The van der Waals surface area contributed by atoms with Crippen LogP contribution in [0.1, 0.15) is 11.4 Å². The number of benzene rings is 1. The number of phenols is 1. The quantitative estimate of drug-likeness (QED) is 0.655. The number of anilines is 1. The zero-order valence-corrected chi connectivity index (χ0v) is 14.8. The molecule has 2 aromatic rings. The number of para-hydroxylation sites is 2. The van der Waals surface area contributed by atoms with Gasteiger partial charge in [0, 0.05) is 26.2 Å². The van der Waals surface area contributed by atoms with E-state index < -0.39 is 4.92 Å². The summed E-state index contributed by atoms with van der Waals surface area (Å²) in [5.41, 5.74) is 1.41. The third kappa shape index (κ3) is 3.32. The van der Waals surface area contributed by atoms with Crippen molar-refractivity contribution in [2.24, 2.45) is 0 Å². The molecule has 26 heavy (non-hydrogen) atoms. The van der Waals surface area contributed by atoms with Crippen LogP contribution in [0.25, 0.3) is 0 Å². The molecule has 0 unspecified atom stereocenters. The zero-order chi connectivity index (χ0) is 18.8. The maximum atomic E-state index is 12.5. The van der Waals surface area contributed by atoms with Crippen LogP contribution in [-0.2, 0) is 11.3 Å². The first-order valence-corrected chi connectivity index (χ1v) is 8.37. The van der Waals surface area contributed by atoms with Gasteiger partial charge in [-0.05, 0) is 26.0 Å². The number of piperazine rings is 1. The van der Waals surface area contributed by atoms with Gasteiger partial charge in [0.1, 0.15) is 23.7 Å². The number of hydrogen-bond donors (Lipinski definition) is 1. The number of rotatable bonds is 4. The van der Waals surface area contributed by atoms with Crippen molar-refractivity contribution in [1.29, 1.82) is 0 Å². The Kier molecular flexibility index (Phi) is 4.79. The van der Waals surface area contributed by atoms with Gasteiger partial charge < -0.3 is 14.9 Å². The third-order valence-corrected chi connectivity index (χ3v) is 4.67. The number of amides is 1. The smallest absolute Gasteiger partial charge is 0.312 e. The van der Waals surface area contributed by atoms with Gasteiger partial charge in [0.25, 0.3) is 0 Å². The Morgan fingerprint density at radius 3 is 2.46 bits per heavy atom. The van der Waals surface area contributed by atoms with Crippen LogP contribution in [0.4, 0.5) is 11.4 Å². The van der Waals surface area contributed by atoms with E-state index >= 15 is 0 Å². The van der Waals surface area contributed by atoms with Crippen LogP contribution in [0.5, 0.6) is 5.75 Å². The molecule has 1 aromatic heterocycles. The fourth-order valence-electron chi connectivity index (χ4n) is 3.26. The molecule has 138 valence electrons. The van der Waals surface area contributed by atoms with Crippen LogP contribution < -0.4 is 4.90 Å². The number of aromatic nitrogens is 2. The van der Waals surface area contributed by atoms with E-state index in [0.29, 0.717) is 37.6 Å². The predicted molar refractivity (Wildman–Crippen MR) is 95.3 cm³/mol. The summed E-state index contributed by atoms with van der Waals surface area (Å²) in [6, 6.07) is 7.12. The number of nitrogens with zero attached hydrogens (tertiary/aromatic N) is 5. The monoisotopic (exact) mass is 359 g/mol. The summed E-state index contributed by atoms with van der Waals surface area (Å²) in [6.45, 7) is 5.42. The lowest BCUT2D eigenvalue weighted by Gasteiger charge is -2.36. The maximum absolute atomic E-state index is 12.5. The Morgan fingerprint density at radius 1 is 1.23 bits per heavy atom. The fourth-order valence-corrected chi connectivity index (χ4v) is 3.26. The molecule has 0 bridgehead atoms. The van der Waals surface area contributed by atoms with Crippen molar-refractivity contribution in [3.05, 3.63) is 45.8 Å². The van der Waals surface area contributed by atoms with Crippen LogP contribution in [-0.4, -0.2) is 56.8 Å². The molecule has 0 aliphatic carbocycles. The number of phenolic OH excluding ortho intramolecular Hbond substituents is 1. The van der Waals surface area contributed by atoms with Crippen molar-refractivity contribution in [3.8, 4) is 5.75 Å². The highest BCUT2D eigenvalue weighted by molar-refractivity contribution is 5.76. The molecule has 1 N–H and O–H groups in total. The number of carbonyl (C=O) groups is 1. The molecule has 1 aliphatic rings. The van der Waals surface area contributed by atoms with Crippen LogP contribution in [0.15, 0.2) is 24.3 Å². The number of hydrogen-bond acceptors (Lipinski definition) is 6. The van der Waals surface area contributed by atoms with E-state index in [1.807, 2.05) is 17.0 Å². The second-order valence-electron chi connectivity index (χ2n) is 6.29. The lowest BCUT2D eigenvalue weighted by molar-refractivity contribution is -0.386. The molecular weight excluding hydrogens is 338 g/mol. The van der Waals surface area contributed by atoms with Crippen molar-refractivity contribution < 1.29 is 14.8 Å². The van der Waals surface area contributed by atoms with E-state index in [9.17, 15) is 20.0 Å². The van der Waals surface area contributed by atoms with E-state index in [4.69, 9.17) is 0 Å². The minimum absolute atomic E-state index is 0.0168. The summed E-state index contributed by atoms with van der Waals surface area (Å²) in [7, 11) is 0. The highest BCUT2D eigenvalue weighted by Gasteiger charge is 2.26. The third-order valence-electron chi connectivity index (χ3n) is 4.67. The number of aryl methyl sites for hydroxylation is 1. The number of nitro groups is 1. The van der Waals surface area contributed by atoms with E-state index in [-0.39, 0.29) is 23.9 Å². The molecule has 0 radical (unpaired) electrons. The summed E-state index contributed by atoms with van der Waals surface area (Å²) in [4.78, 5) is 26.9. The molecule has 9 nitrogen and oxygen atoms in total. The lowest BCUT2D eigenvalue weighted by Crippen LogP contribution is -2.49. The van der Waals surface area contributed by atoms with Gasteiger partial charge in [0.05, 0.1) is 10.6 Å². The van der Waals surface area contributed by atoms with Gasteiger partial charge in [0.15, 0.2) is 0 Å². The summed E-state index contributed by atoms with van der Waals surface area (Å²) < 4.78 is 1.39. The molecule has 1 aliphatic heterocycles. The second kappa shape index (κ2) is 7.03. The van der Waals surface area contributed by atoms with Gasteiger partial charge in [-0.2, -0.15) is 5.10 Å². The zero-order valence-electron chi connectivity index (χ0n) is 14.8. The standard InChI is InChI=1S/C17H21N5O4/c1-12-17(22(25)26)13(2)21(18-12)11-16(24)20-9-7-19(8-10-20)14-5-3-4-6-15(14)23/h3-6,23H,7-11H2,1-2H3. The Bertz CT molecular complexity index is 840. The van der Waals surface area contributed by atoms with Gasteiger partial charge in [-0.1, -0.05) is 12.1 Å². The average Bonchev–Trinajstić information content (AvgIpc) is 2.89. The van der Waals surface area contributed by atoms with E-state index in [1.54, 1.807) is 30.9 Å². The molecule has 1 fully saturated rings. The Balaban J connectivity index is 1.64. The van der Waals surface area contributed by atoms with Crippen molar-refractivity contribution in [3.63, 3.8) is 0 Å². The highest BCUT2D eigenvalue weighted by Crippen LogP contribution is 2.27. The minimum Gasteiger partial charge on any atom is -0.506 e. The second-order valence-corrected chi connectivity index (χ2v) is 6.29. The topological polar surface area (TPSA) is 105 Å². The molecule has 1 amide bonds. The van der Waals surface area contributed by atoms with Crippen molar-refractivity contribution in [2.45, 2.75) is 20.4 Å². The summed E-state index contributed by atoms with van der Waals surface area (Å²) in [6.07, 6.45) is 0. The van der Waals surface area contributed by atoms with Crippen LogP contribution in [0.3, 0.4) is 0 Å². The van der Waals surface area contributed by atoms with Crippen LogP contribution in [0, 0.1) is 24.0 Å². The lowest BCUT2D eigenvalue weighted by atomic mass is 10.2. The molecule has 1 aromatic carbocycles. The van der Waals surface area contributed by atoms with Gasteiger partial charge in [-0.15, -0.1) is 0 Å². The molecule has 3 rings (SSSR count). The van der Waals surface area contributed by atoms with Crippen LogP contribution >= 0.6 is 0 Å². The largest absolute Gasteiger partial charge is 0.506 e. The molecule has 2 heterocycles. The van der Waals surface area contributed by atoms with E-state index in [1.165, 1.54) is 4.68 Å². The van der Waals surface area contributed by atoms with Gasteiger partial charge >= 0.3 is 5.69 Å². The maximum Gasteiger partial charge on any atom is 0.312 e. The number of carbonyl (C=O) groups excluding carboxylic acids is 1. The molecule has 0 spiro atoms. The Labute approximate surface area is 150 Å². The SMILES string of the molecule is Cc1nn(CC(=O)N2CCN(c3ccccc3O)CC2)c(C)c1[N+](=O)[O-]. The fraction of sp³-hybridized carbons (Fsp3) is 0.412. The normalized spacial score (nSPS) is 14.5. The molecular formula is C17H21N5O4. The summed E-state index contributed by atoms with van der Waals surface area (Å²) in [5, 5.41) is 25.1. The van der Waals surface area contributed by atoms with Crippen molar-refractivity contribution in [2.75, 3.05) is 31.1 Å². The van der Waals surface area contributed by atoms with Gasteiger partial charge in [0.2, 0.25) is 5.91 Å². The minimum atomic E-state index is -0.469. The van der Waals surface area contributed by atoms with Crippen molar-refractivity contribution in [1.82, 2.24) is 14.7 Å². The molecule has 0 atom stereocenters. The first kappa shape index (κ1) is 17.7.